The molecule has 1 saturated heterocycles. The molecule has 2 heterocycles. The Balaban J connectivity index is 1.51. The number of sulfonamides is 2. The van der Waals surface area contributed by atoms with E-state index in [0.29, 0.717) is 24.5 Å². The summed E-state index contributed by atoms with van der Waals surface area (Å²) >= 11 is 6.17. The van der Waals surface area contributed by atoms with E-state index in [4.69, 9.17) is 11.6 Å². The van der Waals surface area contributed by atoms with Crippen LogP contribution in [0.5, 0.6) is 0 Å². The fraction of sp³-hybridized carbons (Fsp3) is 0.182. The zero-order chi connectivity index (χ0) is 24.3. The Morgan fingerprint density at radius 1 is 0.912 bits per heavy atom. The Hall–Kier alpha value is -2.99. The first-order valence-electron chi connectivity index (χ1n) is 10.3. The molecule has 9 nitrogen and oxygen atoms in total. The molecule has 34 heavy (non-hydrogen) atoms. The van der Waals surface area contributed by atoms with Crippen LogP contribution in [0.4, 0.5) is 11.4 Å². The van der Waals surface area contributed by atoms with Crippen LogP contribution in [0, 0.1) is 0 Å². The van der Waals surface area contributed by atoms with Crippen LogP contribution in [0.25, 0.3) is 0 Å². The van der Waals surface area contributed by atoms with E-state index in [2.05, 4.69) is 15.0 Å². The van der Waals surface area contributed by atoms with Crippen molar-refractivity contribution in [1.29, 1.82) is 0 Å². The molecule has 1 aliphatic heterocycles. The van der Waals surface area contributed by atoms with Crippen LogP contribution in [-0.4, -0.2) is 45.1 Å². The second-order valence-electron chi connectivity index (χ2n) is 7.58. The highest BCUT2D eigenvalue weighted by Gasteiger charge is 2.28. The van der Waals surface area contributed by atoms with Gasteiger partial charge in [0.2, 0.25) is 10.0 Å². The first kappa shape index (κ1) is 24.1. The molecule has 4 rings (SSSR count). The maximum absolute atomic E-state index is 12.8. The largest absolute Gasteiger partial charge is 0.322 e. The highest BCUT2D eigenvalue weighted by Crippen LogP contribution is 2.26. The predicted octanol–water partition coefficient (Wildman–Crippen LogP) is 3.57. The second kappa shape index (κ2) is 9.71. The van der Waals surface area contributed by atoms with Gasteiger partial charge in [0.05, 0.1) is 32.3 Å². The minimum absolute atomic E-state index is 0.00289. The number of aromatic nitrogens is 1. The van der Waals surface area contributed by atoms with E-state index < -0.39 is 26.0 Å². The quantitative estimate of drug-likeness (QED) is 0.490. The number of nitrogens with one attached hydrogen (secondary N) is 2. The minimum Gasteiger partial charge on any atom is -0.322 e. The normalized spacial score (nSPS) is 14.6. The van der Waals surface area contributed by atoms with Crippen molar-refractivity contribution in [2.75, 3.05) is 23.1 Å². The topological polar surface area (TPSA) is 126 Å². The first-order chi connectivity index (χ1) is 16.2. The molecular formula is C22H21ClN4O5S2. The van der Waals surface area contributed by atoms with Crippen molar-refractivity contribution in [3.05, 3.63) is 77.6 Å². The number of carbonyl (C=O) groups is 1. The molecule has 0 saturated carbocycles. The van der Waals surface area contributed by atoms with Gasteiger partial charge < -0.3 is 5.32 Å². The molecule has 0 bridgehead atoms. The Labute approximate surface area is 202 Å². The summed E-state index contributed by atoms with van der Waals surface area (Å²) in [6, 6.07) is 12.7. The summed E-state index contributed by atoms with van der Waals surface area (Å²) in [6.07, 6.45) is 4.50. The summed E-state index contributed by atoms with van der Waals surface area (Å²) < 4.78 is 54.5. The highest BCUT2D eigenvalue weighted by molar-refractivity contribution is 7.92. The van der Waals surface area contributed by atoms with E-state index >= 15 is 0 Å². The fourth-order valence-electron chi connectivity index (χ4n) is 3.47. The van der Waals surface area contributed by atoms with Crippen molar-refractivity contribution >= 4 is 48.9 Å². The average molecular weight is 521 g/mol. The number of nitrogens with zero attached hydrogens (tertiary/aromatic N) is 2. The zero-order valence-electron chi connectivity index (χ0n) is 17.8. The lowest BCUT2D eigenvalue weighted by Crippen LogP contribution is -2.28. The summed E-state index contributed by atoms with van der Waals surface area (Å²) in [4.78, 5) is 16.7. The SMILES string of the molecule is O=C(Nc1ccc(S(=O)(=O)Nc2cccnc2)cc1)c1cc(S(=O)(=O)N2CCCC2)ccc1Cl. The van der Waals surface area contributed by atoms with E-state index in [1.807, 2.05) is 0 Å². The Bertz CT molecular complexity index is 1410. The fourth-order valence-corrected chi connectivity index (χ4v) is 6.26. The monoisotopic (exact) mass is 520 g/mol. The van der Waals surface area contributed by atoms with E-state index in [1.165, 1.54) is 59.2 Å². The van der Waals surface area contributed by atoms with Crippen LogP contribution in [-0.2, 0) is 20.0 Å². The van der Waals surface area contributed by atoms with Gasteiger partial charge in [-0.05, 0) is 67.4 Å². The second-order valence-corrected chi connectivity index (χ2v) is 11.6. The van der Waals surface area contributed by atoms with E-state index in [-0.39, 0.29) is 20.4 Å². The highest BCUT2D eigenvalue weighted by atomic mass is 35.5. The number of rotatable bonds is 7. The third-order valence-corrected chi connectivity index (χ3v) is 8.84. The van der Waals surface area contributed by atoms with Gasteiger partial charge in [0.25, 0.3) is 15.9 Å². The number of anilines is 2. The van der Waals surface area contributed by atoms with Gasteiger partial charge >= 0.3 is 0 Å². The molecule has 178 valence electrons. The molecule has 1 amide bonds. The molecule has 12 heteroatoms. The average Bonchev–Trinajstić information content (AvgIpc) is 3.36. The van der Waals surface area contributed by atoms with Crippen LogP contribution < -0.4 is 10.0 Å². The molecule has 0 atom stereocenters. The molecule has 1 aromatic heterocycles. The lowest BCUT2D eigenvalue weighted by molar-refractivity contribution is 0.102. The summed E-state index contributed by atoms with van der Waals surface area (Å²) in [7, 11) is -7.56. The van der Waals surface area contributed by atoms with Gasteiger partial charge in [0.15, 0.2) is 0 Å². The predicted molar refractivity (Wildman–Crippen MR) is 129 cm³/mol. The first-order valence-corrected chi connectivity index (χ1v) is 13.6. The molecule has 0 aliphatic carbocycles. The van der Waals surface area contributed by atoms with Crippen molar-refractivity contribution in [1.82, 2.24) is 9.29 Å². The van der Waals surface area contributed by atoms with Crippen molar-refractivity contribution in [3.8, 4) is 0 Å². The smallest absolute Gasteiger partial charge is 0.261 e. The Morgan fingerprint density at radius 3 is 2.24 bits per heavy atom. The number of hydrogen-bond acceptors (Lipinski definition) is 6. The van der Waals surface area contributed by atoms with Crippen molar-refractivity contribution < 1.29 is 21.6 Å². The number of halogens is 1. The Morgan fingerprint density at radius 2 is 1.59 bits per heavy atom. The standard InChI is InChI=1S/C22H21ClN4O5S2/c23-21-10-9-19(34(31,32)27-12-1-2-13-27)14-20(21)22(28)25-16-5-7-18(8-6-16)33(29,30)26-17-4-3-11-24-15-17/h3-11,14-15,26H,1-2,12-13H2,(H,25,28). The van der Waals surface area contributed by atoms with Gasteiger partial charge in [-0.3, -0.25) is 14.5 Å². The van der Waals surface area contributed by atoms with Crippen LogP contribution in [0.15, 0.2) is 76.8 Å². The lowest BCUT2D eigenvalue weighted by atomic mass is 10.2. The number of carbonyl (C=O) groups excluding carboxylic acids is 1. The number of amides is 1. The van der Waals surface area contributed by atoms with Gasteiger partial charge in [-0.15, -0.1) is 0 Å². The maximum atomic E-state index is 12.8. The van der Waals surface area contributed by atoms with Crippen LogP contribution >= 0.6 is 11.6 Å². The van der Waals surface area contributed by atoms with Gasteiger partial charge in [-0.2, -0.15) is 4.31 Å². The summed E-state index contributed by atoms with van der Waals surface area (Å²) in [5, 5.41) is 2.71. The molecule has 3 aromatic rings. The van der Waals surface area contributed by atoms with Crippen molar-refractivity contribution in [2.24, 2.45) is 0 Å². The molecule has 2 aromatic carbocycles. The number of hydrogen-bond donors (Lipinski definition) is 2. The minimum atomic E-state index is -3.84. The molecule has 0 unspecified atom stereocenters. The van der Waals surface area contributed by atoms with E-state index in [0.717, 1.165) is 12.8 Å². The molecule has 2 N–H and O–H groups in total. The number of pyridine rings is 1. The zero-order valence-corrected chi connectivity index (χ0v) is 20.2. The van der Waals surface area contributed by atoms with E-state index in [1.54, 1.807) is 12.1 Å². The van der Waals surface area contributed by atoms with Gasteiger partial charge in [-0.25, -0.2) is 16.8 Å². The Kier molecular flexibility index (Phi) is 6.89. The molecular weight excluding hydrogens is 500 g/mol. The molecule has 0 spiro atoms. The molecule has 1 aliphatic rings. The molecule has 1 fully saturated rings. The summed E-state index contributed by atoms with van der Waals surface area (Å²) in [5.74, 6) is -0.618. The van der Waals surface area contributed by atoms with Gasteiger partial charge in [0, 0.05) is 25.0 Å². The molecule has 0 radical (unpaired) electrons. The summed E-state index contributed by atoms with van der Waals surface area (Å²) in [6.45, 7) is 0.884. The summed E-state index contributed by atoms with van der Waals surface area (Å²) in [5.41, 5.74) is 0.629. The number of benzene rings is 2. The van der Waals surface area contributed by atoms with E-state index in [9.17, 15) is 21.6 Å². The van der Waals surface area contributed by atoms with Crippen LogP contribution in [0.3, 0.4) is 0 Å². The van der Waals surface area contributed by atoms with Crippen molar-refractivity contribution in [2.45, 2.75) is 22.6 Å². The third kappa shape index (κ3) is 5.22. The lowest BCUT2D eigenvalue weighted by Gasteiger charge is -2.16. The van der Waals surface area contributed by atoms with Crippen LogP contribution in [0.1, 0.15) is 23.2 Å². The third-order valence-electron chi connectivity index (χ3n) is 5.22. The van der Waals surface area contributed by atoms with Crippen LogP contribution in [0.2, 0.25) is 5.02 Å². The maximum Gasteiger partial charge on any atom is 0.261 e. The van der Waals surface area contributed by atoms with Crippen molar-refractivity contribution in [3.63, 3.8) is 0 Å². The van der Waals surface area contributed by atoms with Gasteiger partial charge in [0.1, 0.15) is 0 Å². The van der Waals surface area contributed by atoms with Gasteiger partial charge in [-0.1, -0.05) is 11.6 Å².